The third-order valence-electron chi connectivity index (χ3n) is 4.51. The van der Waals surface area contributed by atoms with E-state index in [2.05, 4.69) is 27.5 Å². The number of hydrogen-bond donors (Lipinski definition) is 2. The molecule has 0 saturated heterocycles. The molecular formula is C16H26N4O. The van der Waals surface area contributed by atoms with Gasteiger partial charge in [0, 0.05) is 13.1 Å². The number of rotatable bonds is 9. The maximum Gasteiger partial charge on any atom is 0.204 e. The largest absolute Gasteiger partial charge is 0.490 e. The number of anilines is 2. The molecule has 0 atom stereocenters. The van der Waals surface area contributed by atoms with Gasteiger partial charge in [-0.05, 0) is 49.9 Å². The van der Waals surface area contributed by atoms with Crippen molar-refractivity contribution in [2.45, 2.75) is 39.0 Å². The normalized spacial score (nSPS) is 17.9. The average Bonchev–Trinajstić information content (AvgIpc) is 3.38. The second-order valence-electron chi connectivity index (χ2n) is 6.25. The second-order valence-corrected chi connectivity index (χ2v) is 6.25. The summed E-state index contributed by atoms with van der Waals surface area (Å²) in [6, 6.07) is 0. The van der Waals surface area contributed by atoms with Gasteiger partial charge >= 0.3 is 0 Å². The van der Waals surface area contributed by atoms with Crippen molar-refractivity contribution in [1.82, 2.24) is 9.97 Å². The summed E-state index contributed by atoms with van der Waals surface area (Å²) in [5.74, 6) is 5.03. The Labute approximate surface area is 126 Å². The summed E-state index contributed by atoms with van der Waals surface area (Å²) >= 11 is 0. The van der Waals surface area contributed by atoms with E-state index < -0.39 is 0 Å². The van der Waals surface area contributed by atoms with E-state index in [1.165, 1.54) is 25.7 Å². The van der Waals surface area contributed by atoms with Crippen LogP contribution in [-0.2, 0) is 0 Å². The van der Waals surface area contributed by atoms with Crippen LogP contribution in [0.1, 0.15) is 39.0 Å². The first-order chi connectivity index (χ1) is 10.3. The van der Waals surface area contributed by atoms with Gasteiger partial charge in [0.1, 0.15) is 6.33 Å². The van der Waals surface area contributed by atoms with E-state index in [1.54, 1.807) is 13.4 Å². The van der Waals surface area contributed by atoms with Gasteiger partial charge in [0.25, 0.3) is 0 Å². The number of nitrogens with zero attached hydrogens (tertiary/aromatic N) is 2. The van der Waals surface area contributed by atoms with Crippen molar-refractivity contribution in [3.63, 3.8) is 0 Å². The van der Waals surface area contributed by atoms with E-state index in [0.717, 1.165) is 54.6 Å². The molecular weight excluding hydrogens is 264 g/mol. The van der Waals surface area contributed by atoms with Crippen molar-refractivity contribution in [1.29, 1.82) is 0 Å². The summed E-state index contributed by atoms with van der Waals surface area (Å²) in [6.07, 6.45) is 8.30. The maximum absolute atomic E-state index is 5.51. The molecule has 3 rings (SSSR count). The van der Waals surface area contributed by atoms with E-state index >= 15 is 0 Å². The molecule has 0 radical (unpaired) electrons. The fourth-order valence-electron chi connectivity index (χ4n) is 3.04. The molecule has 0 spiro atoms. The Balaban J connectivity index is 1.65. The molecule has 5 nitrogen and oxygen atoms in total. The van der Waals surface area contributed by atoms with Crippen LogP contribution in [-0.4, -0.2) is 30.2 Å². The van der Waals surface area contributed by atoms with Gasteiger partial charge in [-0.15, -0.1) is 0 Å². The highest BCUT2D eigenvalue weighted by Crippen LogP contribution is 2.49. The Hall–Kier alpha value is -1.52. The van der Waals surface area contributed by atoms with Gasteiger partial charge in [-0.25, -0.2) is 9.97 Å². The molecule has 2 fully saturated rings. The summed E-state index contributed by atoms with van der Waals surface area (Å²) in [5.41, 5.74) is 0. The molecule has 2 saturated carbocycles. The fraction of sp³-hybridized carbons (Fsp3) is 0.750. The molecule has 5 heteroatoms. The lowest BCUT2D eigenvalue weighted by Gasteiger charge is -2.18. The van der Waals surface area contributed by atoms with Gasteiger partial charge in [0.15, 0.2) is 11.6 Å². The Morgan fingerprint density at radius 3 is 2.29 bits per heavy atom. The van der Waals surface area contributed by atoms with E-state index in [9.17, 15) is 0 Å². The van der Waals surface area contributed by atoms with Crippen LogP contribution in [0.3, 0.4) is 0 Å². The van der Waals surface area contributed by atoms with E-state index in [4.69, 9.17) is 4.74 Å². The molecule has 2 aliphatic carbocycles. The SMILES string of the molecule is CCCNc1ncnc(NCC(C2CC2)C2CC2)c1OC. The highest BCUT2D eigenvalue weighted by Gasteiger charge is 2.41. The molecule has 2 N–H and O–H groups in total. The minimum absolute atomic E-state index is 0.733. The van der Waals surface area contributed by atoms with Gasteiger partial charge in [0.05, 0.1) is 7.11 Å². The number of hydrogen-bond acceptors (Lipinski definition) is 5. The van der Waals surface area contributed by atoms with Gasteiger partial charge in [-0.2, -0.15) is 0 Å². The van der Waals surface area contributed by atoms with Crippen LogP contribution >= 0.6 is 0 Å². The van der Waals surface area contributed by atoms with Crippen LogP contribution < -0.4 is 15.4 Å². The van der Waals surface area contributed by atoms with Crippen LogP contribution in [0.5, 0.6) is 5.75 Å². The molecule has 1 aromatic heterocycles. The Bertz CT molecular complexity index is 459. The number of methoxy groups -OCH3 is 1. The van der Waals surface area contributed by atoms with Gasteiger partial charge in [0.2, 0.25) is 5.75 Å². The zero-order chi connectivity index (χ0) is 14.7. The molecule has 0 amide bonds. The van der Waals surface area contributed by atoms with Crippen LogP contribution in [0.15, 0.2) is 6.33 Å². The lowest BCUT2D eigenvalue weighted by molar-refractivity contribution is 0.409. The average molecular weight is 290 g/mol. The predicted molar refractivity (Wildman–Crippen MR) is 84.8 cm³/mol. The van der Waals surface area contributed by atoms with Crippen molar-refractivity contribution >= 4 is 11.6 Å². The standard InChI is InChI=1S/C16H26N4O/c1-3-8-17-15-14(21-2)16(20-10-19-15)18-9-13(11-4-5-11)12-6-7-12/h10-13H,3-9H2,1-2H3,(H2,17,18,19,20). The van der Waals surface area contributed by atoms with Crippen LogP contribution in [0.2, 0.25) is 0 Å². The third-order valence-corrected chi connectivity index (χ3v) is 4.51. The quantitative estimate of drug-likeness (QED) is 0.731. The lowest BCUT2D eigenvalue weighted by atomic mass is 9.98. The van der Waals surface area contributed by atoms with Crippen molar-refractivity contribution in [3.05, 3.63) is 6.33 Å². The minimum atomic E-state index is 0.733. The second kappa shape index (κ2) is 6.50. The summed E-state index contributed by atoms with van der Waals surface area (Å²) < 4.78 is 5.51. The Kier molecular flexibility index (Phi) is 4.46. The van der Waals surface area contributed by atoms with Gasteiger partial charge in [-0.3, -0.25) is 0 Å². The smallest absolute Gasteiger partial charge is 0.204 e. The Morgan fingerprint density at radius 2 is 1.76 bits per heavy atom. The van der Waals surface area contributed by atoms with E-state index in [0.29, 0.717) is 0 Å². The Morgan fingerprint density at radius 1 is 1.14 bits per heavy atom. The topological polar surface area (TPSA) is 59.1 Å². The van der Waals surface area contributed by atoms with Gasteiger partial charge < -0.3 is 15.4 Å². The molecule has 0 aromatic carbocycles. The third kappa shape index (κ3) is 3.57. The molecule has 0 unspecified atom stereocenters. The molecule has 0 aliphatic heterocycles. The molecule has 1 heterocycles. The molecule has 116 valence electrons. The first-order valence-corrected chi connectivity index (χ1v) is 8.20. The fourth-order valence-corrected chi connectivity index (χ4v) is 3.04. The predicted octanol–water partition coefficient (Wildman–Crippen LogP) is 3.16. The van der Waals surface area contributed by atoms with Crippen LogP contribution in [0.25, 0.3) is 0 Å². The van der Waals surface area contributed by atoms with Crippen molar-refractivity contribution in [2.24, 2.45) is 17.8 Å². The highest BCUT2D eigenvalue weighted by molar-refractivity contribution is 5.63. The highest BCUT2D eigenvalue weighted by atomic mass is 16.5. The maximum atomic E-state index is 5.51. The van der Waals surface area contributed by atoms with E-state index in [1.807, 2.05) is 0 Å². The van der Waals surface area contributed by atoms with Crippen LogP contribution in [0.4, 0.5) is 11.6 Å². The summed E-state index contributed by atoms with van der Waals surface area (Å²) in [5, 5.41) is 6.80. The summed E-state index contributed by atoms with van der Waals surface area (Å²) in [7, 11) is 1.68. The first kappa shape index (κ1) is 14.4. The number of aromatic nitrogens is 2. The summed E-state index contributed by atoms with van der Waals surface area (Å²) in [6.45, 7) is 4.03. The zero-order valence-electron chi connectivity index (χ0n) is 13.1. The molecule has 2 aliphatic rings. The van der Waals surface area contributed by atoms with Crippen molar-refractivity contribution in [3.8, 4) is 5.75 Å². The van der Waals surface area contributed by atoms with Crippen molar-refractivity contribution < 1.29 is 4.74 Å². The molecule has 21 heavy (non-hydrogen) atoms. The number of ether oxygens (including phenoxy) is 1. The monoisotopic (exact) mass is 290 g/mol. The molecule has 0 bridgehead atoms. The lowest BCUT2D eigenvalue weighted by Crippen LogP contribution is -2.19. The molecule has 1 aromatic rings. The zero-order valence-corrected chi connectivity index (χ0v) is 13.1. The first-order valence-electron chi connectivity index (χ1n) is 8.20. The summed E-state index contributed by atoms with van der Waals surface area (Å²) in [4.78, 5) is 8.64. The minimum Gasteiger partial charge on any atom is -0.490 e. The van der Waals surface area contributed by atoms with Crippen molar-refractivity contribution in [2.75, 3.05) is 30.8 Å². The van der Waals surface area contributed by atoms with E-state index in [-0.39, 0.29) is 0 Å². The van der Waals surface area contributed by atoms with Crippen LogP contribution in [0, 0.1) is 17.8 Å². The van der Waals surface area contributed by atoms with Gasteiger partial charge in [-0.1, -0.05) is 6.92 Å². The number of nitrogens with one attached hydrogen (secondary N) is 2.